The van der Waals surface area contributed by atoms with Crippen LogP contribution in [0, 0.1) is 6.92 Å². The van der Waals surface area contributed by atoms with Gasteiger partial charge in [0.2, 0.25) is 0 Å². The maximum atomic E-state index is 12.6. The first-order valence-corrected chi connectivity index (χ1v) is 7.83. The monoisotopic (exact) mass is 274 g/mol. The number of urea groups is 1. The number of amides is 2. The lowest BCUT2D eigenvalue weighted by Crippen LogP contribution is -2.45. The highest BCUT2D eigenvalue weighted by Crippen LogP contribution is 2.24. The van der Waals surface area contributed by atoms with Crippen molar-refractivity contribution in [3.8, 4) is 0 Å². The van der Waals surface area contributed by atoms with Crippen LogP contribution in [0.3, 0.4) is 0 Å². The topological polar surface area (TPSA) is 32.3 Å². The van der Waals surface area contributed by atoms with E-state index in [1.54, 1.807) is 0 Å². The minimum atomic E-state index is 0.0700. The summed E-state index contributed by atoms with van der Waals surface area (Å²) in [5.74, 6) is 0. The molecule has 0 aliphatic carbocycles. The molecule has 20 heavy (non-hydrogen) atoms. The molecule has 1 atom stereocenters. The van der Waals surface area contributed by atoms with Crippen LogP contribution in [0.5, 0.6) is 0 Å². The second-order valence-electron chi connectivity index (χ2n) is 5.64. The number of hydrogen-bond acceptors (Lipinski definition) is 1. The molecule has 0 spiro atoms. The summed E-state index contributed by atoms with van der Waals surface area (Å²) in [4.78, 5) is 14.6. The summed E-state index contributed by atoms with van der Waals surface area (Å²) in [6.45, 7) is 7.24. The summed E-state index contributed by atoms with van der Waals surface area (Å²) < 4.78 is 0. The fourth-order valence-corrected chi connectivity index (χ4v) is 3.07. The molecule has 0 bridgehead atoms. The van der Waals surface area contributed by atoms with E-state index in [-0.39, 0.29) is 6.03 Å². The summed E-state index contributed by atoms with van der Waals surface area (Å²) >= 11 is 0. The lowest BCUT2D eigenvalue weighted by molar-refractivity contribution is 0.160. The van der Waals surface area contributed by atoms with Crippen LogP contribution in [-0.4, -0.2) is 23.5 Å². The molecule has 1 aliphatic rings. The predicted molar refractivity (Wildman–Crippen MR) is 84.2 cm³/mol. The Hall–Kier alpha value is -1.51. The maximum Gasteiger partial charge on any atom is 0.322 e. The third kappa shape index (κ3) is 3.14. The van der Waals surface area contributed by atoms with Crippen molar-refractivity contribution in [2.75, 3.05) is 11.9 Å². The molecule has 0 radical (unpaired) electrons. The Morgan fingerprint density at radius 2 is 2.15 bits per heavy atom. The predicted octanol–water partition coefficient (Wildman–Crippen LogP) is 4.35. The van der Waals surface area contributed by atoms with E-state index >= 15 is 0 Å². The van der Waals surface area contributed by atoms with Crippen LogP contribution in [0.4, 0.5) is 10.5 Å². The van der Waals surface area contributed by atoms with Crippen molar-refractivity contribution in [2.45, 2.75) is 58.9 Å². The van der Waals surface area contributed by atoms with Gasteiger partial charge in [-0.15, -0.1) is 0 Å². The fourth-order valence-electron chi connectivity index (χ4n) is 3.07. The van der Waals surface area contributed by atoms with Gasteiger partial charge in [-0.05, 0) is 50.2 Å². The smallest absolute Gasteiger partial charge is 0.322 e. The standard InChI is InChI=1S/C17H26N2O/c1-4-14-10-8-9-13(3)16(14)18-17(20)19-12-7-6-11-15(19)5-2/h8-10,15H,4-7,11-12H2,1-3H3,(H,18,20)/t15-/m1/s1. The quantitative estimate of drug-likeness (QED) is 0.873. The Morgan fingerprint density at radius 1 is 1.35 bits per heavy atom. The van der Waals surface area contributed by atoms with Crippen LogP contribution >= 0.6 is 0 Å². The number of piperidine rings is 1. The van der Waals surface area contributed by atoms with Crippen LogP contribution < -0.4 is 5.32 Å². The molecule has 1 fully saturated rings. The Balaban J connectivity index is 2.15. The van der Waals surface area contributed by atoms with Crippen molar-refractivity contribution in [2.24, 2.45) is 0 Å². The second kappa shape index (κ2) is 6.78. The molecule has 0 unspecified atom stereocenters. The van der Waals surface area contributed by atoms with Crippen LogP contribution in [0.2, 0.25) is 0 Å². The van der Waals surface area contributed by atoms with E-state index in [0.29, 0.717) is 6.04 Å². The minimum Gasteiger partial charge on any atom is -0.322 e. The molecule has 3 nitrogen and oxygen atoms in total. The van der Waals surface area contributed by atoms with Gasteiger partial charge in [0, 0.05) is 18.3 Å². The normalized spacial score (nSPS) is 18.9. The molecule has 1 aromatic rings. The van der Waals surface area contributed by atoms with Crippen molar-refractivity contribution >= 4 is 11.7 Å². The largest absolute Gasteiger partial charge is 0.322 e. The molecule has 2 rings (SSSR count). The van der Waals surface area contributed by atoms with Gasteiger partial charge in [0.25, 0.3) is 0 Å². The summed E-state index contributed by atoms with van der Waals surface area (Å²) in [5.41, 5.74) is 3.35. The zero-order chi connectivity index (χ0) is 14.5. The Labute approximate surface area is 122 Å². The summed E-state index contributed by atoms with van der Waals surface area (Å²) in [7, 11) is 0. The lowest BCUT2D eigenvalue weighted by atomic mass is 10.0. The van der Waals surface area contributed by atoms with Gasteiger partial charge in [0.15, 0.2) is 0 Å². The third-order valence-corrected chi connectivity index (χ3v) is 4.33. The first-order chi connectivity index (χ1) is 9.67. The molecule has 1 N–H and O–H groups in total. The third-order valence-electron chi connectivity index (χ3n) is 4.33. The molecule has 2 amide bonds. The van der Waals surface area contributed by atoms with Gasteiger partial charge < -0.3 is 10.2 Å². The summed E-state index contributed by atoms with van der Waals surface area (Å²) in [6, 6.07) is 6.68. The Kier molecular flexibility index (Phi) is 5.05. The number of rotatable bonds is 3. The number of para-hydroxylation sites is 1. The van der Waals surface area contributed by atoms with Gasteiger partial charge in [-0.25, -0.2) is 4.79 Å². The average Bonchev–Trinajstić information content (AvgIpc) is 2.49. The second-order valence-corrected chi connectivity index (χ2v) is 5.64. The number of anilines is 1. The zero-order valence-corrected chi connectivity index (χ0v) is 12.9. The summed E-state index contributed by atoms with van der Waals surface area (Å²) in [6.07, 6.45) is 5.49. The van der Waals surface area contributed by atoms with Crippen LogP contribution in [0.1, 0.15) is 50.7 Å². The first-order valence-electron chi connectivity index (χ1n) is 7.83. The van der Waals surface area contributed by atoms with E-state index in [4.69, 9.17) is 0 Å². The summed E-state index contributed by atoms with van der Waals surface area (Å²) in [5, 5.41) is 3.15. The highest BCUT2D eigenvalue weighted by molar-refractivity contribution is 5.91. The van der Waals surface area contributed by atoms with E-state index in [1.807, 2.05) is 4.90 Å². The lowest BCUT2D eigenvalue weighted by Gasteiger charge is -2.35. The van der Waals surface area contributed by atoms with Gasteiger partial charge >= 0.3 is 6.03 Å². The molecule has 0 saturated carbocycles. The van der Waals surface area contributed by atoms with Gasteiger partial charge in [0.05, 0.1) is 0 Å². The molecule has 1 saturated heterocycles. The fraction of sp³-hybridized carbons (Fsp3) is 0.588. The molecular weight excluding hydrogens is 248 g/mol. The highest BCUT2D eigenvalue weighted by atomic mass is 16.2. The van der Waals surface area contributed by atoms with E-state index in [2.05, 4.69) is 44.3 Å². The molecule has 1 aliphatic heterocycles. The van der Waals surface area contributed by atoms with Crippen molar-refractivity contribution in [3.63, 3.8) is 0 Å². The van der Waals surface area contributed by atoms with Crippen LogP contribution in [0.25, 0.3) is 0 Å². The molecule has 1 heterocycles. The Morgan fingerprint density at radius 3 is 2.85 bits per heavy atom. The van der Waals surface area contributed by atoms with Gasteiger partial charge in [-0.3, -0.25) is 0 Å². The van der Waals surface area contributed by atoms with Crippen molar-refractivity contribution in [3.05, 3.63) is 29.3 Å². The maximum absolute atomic E-state index is 12.6. The molecule has 3 heteroatoms. The molecular formula is C17H26N2O. The number of benzene rings is 1. The van der Waals surface area contributed by atoms with E-state index in [9.17, 15) is 4.79 Å². The minimum absolute atomic E-state index is 0.0700. The molecule has 110 valence electrons. The van der Waals surface area contributed by atoms with Gasteiger partial charge in [-0.1, -0.05) is 32.0 Å². The SMILES string of the molecule is CCc1cccc(C)c1NC(=O)N1CCCC[C@H]1CC. The zero-order valence-electron chi connectivity index (χ0n) is 12.9. The van der Waals surface area contributed by atoms with Crippen molar-refractivity contribution < 1.29 is 4.79 Å². The van der Waals surface area contributed by atoms with Crippen LogP contribution in [-0.2, 0) is 6.42 Å². The van der Waals surface area contributed by atoms with Gasteiger partial charge in [-0.2, -0.15) is 0 Å². The van der Waals surface area contributed by atoms with Crippen molar-refractivity contribution in [1.82, 2.24) is 4.90 Å². The molecule has 0 aromatic heterocycles. The number of carbonyl (C=O) groups is 1. The number of nitrogens with one attached hydrogen (secondary N) is 1. The highest BCUT2D eigenvalue weighted by Gasteiger charge is 2.25. The first kappa shape index (κ1) is 14.9. The van der Waals surface area contributed by atoms with Crippen molar-refractivity contribution in [1.29, 1.82) is 0 Å². The van der Waals surface area contributed by atoms with Crippen LogP contribution in [0.15, 0.2) is 18.2 Å². The van der Waals surface area contributed by atoms with E-state index < -0.39 is 0 Å². The number of aryl methyl sites for hydroxylation is 2. The Bertz CT molecular complexity index is 470. The van der Waals surface area contributed by atoms with E-state index in [1.165, 1.54) is 12.0 Å². The number of hydrogen-bond donors (Lipinski definition) is 1. The number of nitrogens with zero attached hydrogens (tertiary/aromatic N) is 1. The number of likely N-dealkylation sites (tertiary alicyclic amines) is 1. The van der Waals surface area contributed by atoms with E-state index in [0.717, 1.165) is 43.5 Å². The molecule has 1 aromatic carbocycles. The average molecular weight is 274 g/mol. The van der Waals surface area contributed by atoms with Gasteiger partial charge in [0.1, 0.15) is 0 Å². The number of carbonyl (C=O) groups excluding carboxylic acids is 1.